The van der Waals surface area contributed by atoms with Gasteiger partial charge in [0.2, 0.25) is 0 Å². The first-order chi connectivity index (χ1) is 10.2. The maximum atomic E-state index is 3.40. The summed E-state index contributed by atoms with van der Waals surface area (Å²) in [4.78, 5) is 0. The minimum atomic E-state index is 0.435. The van der Waals surface area contributed by atoms with E-state index in [1.165, 1.54) is 27.8 Å². The maximum absolute atomic E-state index is 3.40. The largest absolute Gasteiger partial charge is 0.313 e. The zero-order valence-electron chi connectivity index (χ0n) is 13.7. The summed E-state index contributed by atoms with van der Waals surface area (Å²) in [5.41, 5.74) is 6.95. The summed E-state index contributed by atoms with van der Waals surface area (Å²) < 4.78 is 0. The van der Waals surface area contributed by atoms with E-state index in [1.807, 2.05) is 7.05 Å². The van der Waals surface area contributed by atoms with Gasteiger partial charge in [-0.15, -0.1) is 0 Å². The SMILES string of the molecule is CCc1ccc(CC)c(-c2cccc(C(CC)NC)c2)c1. The lowest BCUT2D eigenvalue weighted by Gasteiger charge is -2.17. The van der Waals surface area contributed by atoms with Gasteiger partial charge in [0, 0.05) is 6.04 Å². The van der Waals surface area contributed by atoms with Crippen molar-refractivity contribution in [3.63, 3.8) is 0 Å². The number of hydrogen-bond acceptors (Lipinski definition) is 1. The highest BCUT2D eigenvalue weighted by Gasteiger charge is 2.10. The Balaban J connectivity index is 2.48. The molecule has 2 rings (SSSR count). The first kappa shape index (κ1) is 15.8. The summed E-state index contributed by atoms with van der Waals surface area (Å²) in [6, 6.07) is 16.3. The van der Waals surface area contributed by atoms with Crippen molar-refractivity contribution in [2.45, 2.75) is 46.1 Å². The van der Waals surface area contributed by atoms with Crippen LogP contribution in [-0.2, 0) is 12.8 Å². The lowest BCUT2D eigenvalue weighted by Crippen LogP contribution is -2.15. The van der Waals surface area contributed by atoms with Gasteiger partial charge in [0.1, 0.15) is 0 Å². The lowest BCUT2D eigenvalue weighted by atomic mass is 9.92. The predicted octanol–water partition coefficient (Wildman–Crippen LogP) is 5.15. The van der Waals surface area contributed by atoms with E-state index in [1.54, 1.807) is 0 Å². The van der Waals surface area contributed by atoms with Gasteiger partial charge in [-0.3, -0.25) is 0 Å². The molecule has 0 fully saturated rings. The molecule has 2 aromatic carbocycles. The Morgan fingerprint density at radius 3 is 2.38 bits per heavy atom. The van der Waals surface area contributed by atoms with Crippen molar-refractivity contribution < 1.29 is 0 Å². The van der Waals surface area contributed by atoms with Gasteiger partial charge in [-0.25, -0.2) is 0 Å². The van der Waals surface area contributed by atoms with E-state index in [9.17, 15) is 0 Å². The molecule has 1 N–H and O–H groups in total. The fourth-order valence-electron chi connectivity index (χ4n) is 2.95. The molecule has 0 saturated carbocycles. The van der Waals surface area contributed by atoms with Gasteiger partial charge in [-0.2, -0.15) is 0 Å². The molecule has 1 nitrogen and oxygen atoms in total. The van der Waals surface area contributed by atoms with Gasteiger partial charge in [0.15, 0.2) is 0 Å². The second kappa shape index (κ2) is 7.42. The molecule has 0 aliphatic carbocycles. The molecule has 0 spiro atoms. The fourth-order valence-corrected chi connectivity index (χ4v) is 2.95. The molecule has 0 amide bonds. The average molecular weight is 281 g/mol. The highest BCUT2D eigenvalue weighted by molar-refractivity contribution is 5.69. The molecule has 0 radical (unpaired) electrons. The number of rotatable bonds is 6. The molecule has 0 bridgehead atoms. The van der Waals surface area contributed by atoms with E-state index in [-0.39, 0.29) is 0 Å². The van der Waals surface area contributed by atoms with E-state index < -0.39 is 0 Å². The minimum absolute atomic E-state index is 0.435. The van der Waals surface area contributed by atoms with Crippen molar-refractivity contribution in [2.24, 2.45) is 0 Å². The monoisotopic (exact) mass is 281 g/mol. The average Bonchev–Trinajstić information content (AvgIpc) is 2.55. The molecule has 2 aromatic rings. The molecular formula is C20H27N. The predicted molar refractivity (Wildman–Crippen MR) is 92.7 cm³/mol. The van der Waals surface area contributed by atoms with Crippen molar-refractivity contribution in [2.75, 3.05) is 7.05 Å². The van der Waals surface area contributed by atoms with E-state index in [0.29, 0.717) is 6.04 Å². The van der Waals surface area contributed by atoms with Gasteiger partial charge in [-0.05, 0) is 60.2 Å². The molecule has 0 aromatic heterocycles. The van der Waals surface area contributed by atoms with Crippen LogP contribution in [0.5, 0.6) is 0 Å². The Hall–Kier alpha value is -1.60. The third-order valence-corrected chi connectivity index (χ3v) is 4.32. The van der Waals surface area contributed by atoms with Crippen molar-refractivity contribution in [3.05, 3.63) is 59.2 Å². The topological polar surface area (TPSA) is 12.0 Å². The van der Waals surface area contributed by atoms with E-state index >= 15 is 0 Å². The van der Waals surface area contributed by atoms with Crippen LogP contribution in [0.25, 0.3) is 11.1 Å². The van der Waals surface area contributed by atoms with Crippen LogP contribution in [0.1, 0.15) is 49.9 Å². The minimum Gasteiger partial charge on any atom is -0.313 e. The number of hydrogen-bond donors (Lipinski definition) is 1. The van der Waals surface area contributed by atoms with Gasteiger partial charge in [0.05, 0.1) is 0 Å². The third kappa shape index (κ3) is 3.54. The number of nitrogens with one attached hydrogen (secondary N) is 1. The molecule has 1 atom stereocenters. The zero-order valence-corrected chi connectivity index (χ0v) is 13.7. The van der Waals surface area contributed by atoms with E-state index in [4.69, 9.17) is 0 Å². The van der Waals surface area contributed by atoms with Crippen LogP contribution in [0.15, 0.2) is 42.5 Å². The summed E-state index contributed by atoms with van der Waals surface area (Å²) in [6.07, 6.45) is 3.27. The van der Waals surface area contributed by atoms with Crippen molar-refractivity contribution in [1.29, 1.82) is 0 Å². The van der Waals surface area contributed by atoms with Crippen molar-refractivity contribution in [1.82, 2.24) is 5.32 Å². The van der Waals surface area contributed by atoms with Crippen LogP contribution in [0.3, 0.4) is 0 Å². The Labute approximate surface area is 129 Å². The van der Waals surface area contributed by atoms with E-state index in [0.717, 1.165) is 19.3 Å². The smallest absolute Gasteiger partial charge is 0.0315 e. The first-order valence-corrected chi connectivity index (χ1v) is 8.12. The highest BCUT2D eigenvalue weighted by Crippen LogP contribution is 2.28. The molecule has 0 aliphatic rings. The summed E-state index contributed by atoms with van der Waals surface area (Å²) in [7, 11) is 2.04. The van der Waals surface area contributed by atoms with Crippen molar-refractivity contribution in [3.8, 4) is 11.1 Å². The quantitative estimate of drug-likeness (QED) is 0.772. The highest BCUT2D eigenvalue weighted by atomic mass is 14.9. The molecule has 0 aliphatic heterocycles. The van der Waals surface area contributed by atoms with Crippen LogP contribution in [0, 0.1) is 0 Å². The van der Waals surface area contributed by atoms with Gasteiger partial charge < -0.3 is 5.32 Å². The summed E-state index contributed by atoms with van der Waals surface area (Å²) in [5.74, 6) is 0. The molecule has 0 heterocycles. The molecular weight excluding hydrogens is 254 g/mol. The summed E-state index contributed by atoms with van der Waals surface area (Å²) in [5, 5.41) is 3.40. The lowest BCUT2D eigenvalue weighted by molar-refractivity contribution is 0.577. The third-order valence-electron chi connectivity index (χ3n) is 4.32. The fraction of sp³-hybridized carbons (Fsp3) is 0.400. The molecule has 21 heavy (non-hydrogen) atoms. The normalized spacial score (nSPS) is 12.4. The number of aryl methyl sites for hydroxylation is 2. The Kier molecular flexibility index (Phi) is 5.58. The molecule has 1 unspecified atom stereocenters. The van der Waals surface area contributed by atoms with Gasteiger partial charge >= 0.3 is 0 Å². The molecule has 1 heteroatoms. The van der Waals surface area contributed by atoms with Gasteiger partial charge in [-0.1, -0.05) is 57.2 Å². The van der Waals surface area contributed by atoms with Crippen LogP contribution in [0.4, 0.5) is 0 Å². The second-order valence-corrected chi connectivity index (χ2v) is 5.57. The van der Waals surface area contributed by atoms with E-state index in [2.05, 4.69) is 68.6 Å². The van der Waals surface area contributed by atoms with Crippen LogP contribution >= 0.6 is 0 Å². The molecule has 0 saturated heterocycles. The van der Waals surface area contributed by atoms with Crippen molar-refractivity contribution >= 4 is 0 Å². The Morgan fingerprint density at radius 2 is 1.76 bits per heavy atom. The second-order valence-electron chi connectivity index (χ2n) is 5.57. The summed E-state index contributed by atoms with van der Waals surface area (Å²) in [6.45, 7) is 6.68. The van der Waals surface area contributed by atoms with Crippen LogP contribution in [-0.4, -0.2) is 7.05 Å². The maximum Gasteiger partial charge on any atom is 0.0315 e. The zero-order chi connectivity index (χ0) is 15.2. The summed E-state index contributed by atoms with van der Waals surface area (Å²) >= 11 is 0. The first-order valence-electron chi connectivity index (χ1n) is 8.12. The molecule has 112 valence electrons. The standard InChI is InChI=1S/C20H27N/c1-5-15-11-12-16(6-2)19(13-15)17-9-8-10-18(14-17)20(7-3)21-4/h8-14,20-21H,5-7H2,1-4H3. The Bertz CT molecular complexity index is 582. The number of benzene rings is 2. The van der Waals surface area contributed by atoms with Crippen LogP contribution < -0.4 is 5.32 Å². The van der Waals surface area contributed by atoms with Gasteiger partial charge in [0.25, 0.3) is 0 Å². The Morgan fingerprint density at radius 1 is 0.952 bits per heavy atom. The van der Waals surface area contributed by atoms with Crippen LogP contribution in [0.2, 0.25) is 0 Å².